The van der Waals surface area contributed by atoms with Gasteiger partial charge in [-0.1, -0.05) is 124 Å². The van der Waals surface area contributed by atoms with Crippen molar-refractivity contribution in [2.45, 2.75) is 120 Å². The van der Waals surface area contributed by atoms with E-state index in [1.165, 1.54) is 44.8 Å². The van der Waals surface area contributed by atoms with E-state index in [9.17, 15) is 9.59 Å². The molecule has 0 unspecified atom stereocenters. The smallest absolute Gasteiger partial charge is 0.664 e. The summed E-state index contributed by atoms with van der Waals surface area (Å²) < 4.78 is 11.4. The van der Waals surface area contributed by atoms with Crippen LogP contribution in [0.2, 0.25) is 0 Å². The summed E-state index contributed by atoms with van der Waals surface area (Å²) in [6.45, 7) is 22.7. The monoisotopic (exact) mass is 794 g/mol. The van der Waals surface area contributed by atoms with Gasteiger partial charge in [0.1, 0.15) is 5.92 Å². The van der Waals surface area contributed by atoms with Gasteiger partial charge in [0, 0.05) is 12.2 Å². The van der Waals surface area contributed by atoms with Crippen molar-refractivity contribution < 1.29 is 19.1 Å². The number of Topliss-reactive ketones (excluding diaryl/α,β-unsaturated/α-hetero) is 1. The molecule has 9 heteroatoms. The molecule has 6 rings (SSSR count). The van der Waals surface area contributed by atoms with Crippen molar-refractivity contribution in [2.24, 2.45) is 23.7 Å². The number of rotatable bonds is 17. The number of allylic oxidation sites excluding steroid dienone is 3. The first-order valence-electron chi connectivity index (χ1n) is 21.2. The largest absolute Gasteiger partial charge is 2.00 e. The molecule has 3 atom stereocenters. The van der Waals surface area contributed by atoms with Crippen molar-refractivity contribution in [3.63, 3.8) is 0 Å². The maximum Gasteiger partial charge on any atom is 2.00 e. The molecule has 3 aromatic rings. The Bertz CT molecular complexity index is 2220. The second-order valence-corrected chi connectivity index (χ2v) is 17.0. The van der Waals surface area contributed by atoms with E-state index in [2.05, 4.69) is 61.1 Å². The van der Waals surface area contributed by atoms with Crippen LogP contribution >= 0.6 is 0 Å². The van der Waals surface area contributed by atoms with E-state index in [-0.39, 0.29) is 34.8 Å². The van der Waals surface area contributed by atoms with E-state index in [1.54, 1.807) is 0 Å². The van der Waals surface area contributed by atoms with Gasteiger partial charge in [-0.05, 0) is 89.5 Å². The zero-order valence-corrected chi connectivity index (χ0v) is 37.9. The third-order valence-corrected chi connectivity index (χ3v) is 12.3. The zero-order valence-electron chi connectivity index (χ0n) is 36.5. The summed E-state index contributed by atoms with van der Waals surface area (Å²) in [6, 6.07) is 0. The molecule has 8 nitrogen and oxygen atoms in total. The predicted molar refractivity (Wildman–Crippen MR) is 237 cm³/mol. The van der Waals surface area contributed by atoms with Gasteiger partial charge in [0.25, 0.3) is 0 Å². The van der Waals surface area contributed by atoms with Crippen LogP contribution in [0.1, 0.15) is 153 Å². The summed E-state index contributed by atoms with van der Waals surface area (Å²) in [7, 11) is 1.33. The standard InChI is InChI=1S/C49H63N4O4.Mg/c1-11-36-31(7)38-25-35-24-34(20-15-22-57-23-21-30(6)19-14-18-29(5)17-13-16-28(3)4)46(50-35)44-45(49(55)56-10)48(54)43-33(9)40(53-47(43)44)27-42-37(12-2)32(8)39(52-42)26-41(36)51-38;/h11,21,25-29,34,45H,1,12-20,22-24H2,2-10H3,(H-,50,53,54);/q-3;+2/p-1/b30-21+,35-25-,39-26-,42-27-;/t29-,34+,45-;/m1./s1. The molecular formula is C49H62MgN4O4-2. The number of hydrogen-bond donors (Lipinski definition) is 0. The quantitative estimate of drug-likeness (QED) is 0.0442. The van der Waals surface area contributed by atoms with Gasteiger partial charge in [-0.25, -0.2) is 0 Å². The molecular weight excluding hydrogens is 733 g/mol. The van der Waals surface area contributed by atoms with E-state index in [0.717, 1.165) is 98.8 Å². The van der Waals surface area contributed by atoms with E-state index in [0.29, 0.717) is 42.2 Å². The third-order valence-electron chi connectivity index (χ3n) is 12.3. The third kappa shape index (κ3) is 9.63. The molecule has 306 valence electrons. The summed E-state index contributed by atoms with van der Waals surface area (Å²) >= 11 is 0. The number of ether oxygens (including phenoxy) is 2. The number of nitrogens with zero attached hydrogens (tertiary/aromatic N) is 4. The van der Waals surface area contributed by atoms with Gasteiger partial charge in [-0.3, -0.25) is 9.59 Å². The fourth-order valence-electron chi connectivity index (χ4n) is 8.91. The Morgan fingerprint density at radius 3 is 2.36 bits per heavy atom. The molecule has 1 aliphatic carbocycles. The van der Waals surface area contributed by atoms with Gasteiger partial charge in [0.15, 0.2) is 5.78 Å². The first-order chi connectivity index (χ1) is 27.4. The number of esters is 1. The first kappa shape index (κ1) is 45.3. The Hall–Kier alpha value is -3.79. The van der Waals surface area contributed by atoms with Crippen LogP contribution in [0, 0.1) is 44.4 Å². The van der Waals surface area contributed by atoms with E-state index < -0.39 is 11.9 Å². The van der Waals surface area contributed by atoms with E-state index >= 15 is 0 Å². The molecule has 58 heavy (non-hydrogen) atoms. The normalized spacial score (nSPS) is 21.1. The molecule has 3 aliphatic rings. The Balaban J connectivity index is 0.00000641. The second kappa shape index (κ2) is 20.0. The van der Waals surface area contributed by atoms with Crippen LogP contribution in [0.5, 0.6) is 0 Å². The van der Waals surface area contributed by atoms with Gasteiger partial charge >= 0.3 is 29.0 Å². The van der Waals surface area contributed by atoms with Crippen LogP contribution < -0.4 is 25.7 Å². The van der Waals surface area contributed by atoms with Crippen molar-refractivity contribution in [3.8, 4) is 0 Å². The number of fused-ring (bicyclic) bond motifs is 7. The molecule has 1 saturated heterocycles. The Morgan fingerprint density at radius 2 is 1.66 bits per heavy atom. The minimum atomic E-state index is -1.11. The van der Waals surface area contributed by atoms with Gasteiger partial charge in [-0.15, -0.1) is 33.5 Å². The summed E-state index contributed by atoms with van der Waals surface area (Å²) in [5.74, 6) is -0.468. The Morgan fingerprint density at radius 1 is 0.931 bits per heavy atom. The van der Waals surface area contributed by atoms with Crippen molar-refractivity contribution in [3.05, 3.63) is 102 Å². The number of aromatic nitrogens is 3. The molecule has 0 spiro atoms. The molecule has 3 aromatic heterocycles. The maximum absolute atomic E-state index is 14.2. The van der Waals surface area contributed by atoms with Gasteiger partial charge < -0.3 is 29.7 Å². The van der Waals surface area contributed by atoms with Crippen molar-refractivity contribution in [1.29, 1.82) is 0 Å². The number of carbonyl (C=O) groups excluding carboxylic acids is 2. The number of methoxy groups -OCH3 is 1. The molecule has 2 aliphatic heterocycles. The van der Waals surface area contributed by atoms with E-state index in [1.807, 2.05) is 31.2 Å². The minimum absolute atomic E-state index is 0. The van der Waals surface area contributed by atoms with Crippen molar-refractivity contribution in [2.75, 3.05) is 20.3 Å². The maximum atomic E-state index is 14.2. The summed E-state index contributed by atoms with van der Waals surface area (Å²) in [6.07, 6.45) is 20.7. The second-order valence-electron chi connectivity index (χ2n) is 17.0. The predicted octanol–water partition coefficient (Wildman–Crippen LogP) is 8.79. The van der Waals surface area contributed by atoms with Gasteiger partial charge in [-0.2, -0.15) is 11.4 Å². The molecule has 0 amide bonds. The molecule has 0 saturated carbocycles. The molecule has 0 aromatic carbocycles. The summed E-state index contributed by atoms with van der Waals surface area (Å²) in [5, 5.41) is 6.90. The van der Waals surface area contributed by atoms with Crippen LogP contribution in [-0.4, -0.2) is 55.1 Å². The zero-order chi connectivity index (χ0) is 41.0. The van der Waals surface area contributed by atoms with Gasteiger partial charge in [0.2, 0.25) is 0 Å². The average Bonchev–Trinajstić information content (AvgIpc) is 3.94. The number of carbonyl (C=O) groups is 2. The van der Waals surface area contributed by atoms with E-state index in [4.69, 9.17) is 29.7 Å². The van der Waals surface area contributed by atoms with Crippen LogP contribution in [0.15, 0.2) is 29.6 Å². The summed E-state index contributed by atoms with van der Waals surface area (Å²) in [4.78, 5) is 43.0. The molecule has 1 fully saturated rings. The number of ketones is 1. The van der Waals surface area contributed by atoms with Gasteiger partial charge in [0.05, 0.1) is 13.7 Å². The SMILES string of the molecule is C=Cc1c2[n-]c(c1C)/C=C1/C[C@H](CCCOC/C=C(\C)CCC[C@H](C)CCCC(C)C)/C(=C3/c4[n-]c(c(C)c4C(=O)[C@@H]3C(=O)OC)/C=c3\[n-]/c(c(C)c3CC)=C\2)[N-]1.[Mg+2]. The van der Waals surface area contributed by atoms with Crippen molar-refractivity contribution >= 4 is 64.7 Å². The molecule has 5 heterocycles. The fourth-order valence-corrected chi connectivity index (χ4v) is 8.91. The molecule has 8 bridgehead atoms. The Kier molecular flexibility index (Phi) is 15.6. The Labute approximate surface area is 362 Å². The fraction of sp³-hybridized carbons (Fsp3) is 0.510. The van der Waals surface area contributed by atoms with Crippen LogP contribution in [0.25, 0.3) is 35.2 Å². The van der Waals surface area contributed by atoms with Crippen LogP contribution in [0.4, 0.5) is 0 Å². The molecule has 0 radical (unpaired) electrons. The van der Waals surface area contributed by atoms with Crippen LogP contribution in [0.3, 0.4) is 0 Å². The van der Waals surface area contributed by atoms with Crippen LogP contribution in [-0.2, 0) is 20.7 Å². The topological polar surface area (TPSA) is 109 Å². The number of hydrogen-bond acceptors (Lipinski definition) is 4. The molecule has 0 N–H and O–H groups in total. The minimum Gasteiger partial charge on any atom is -0.664 e. The first-order valence-corrected chi connectivity index (χ1v) is 21.2. The van der Waals surface area contributed by atoms with Crippen molar-refractivity contribution in [1.82, 2.24) is 15.0 Å². The summed E-state index contributed by atoms with van der Waals surface area (Å²) in [5.41, 5.74) is 11.8. The average molecular weight is 795 g/mol.